The van der Waals surface area contributed by atoms with Crippen molar-refractivity contribution in [1.82, 2.24) is 0 Å². The molecule has 0 saturated heterocycles. The van der Waals surface area contributed by atoms with Crippen LogP contribution in [0.25, 0.3) is 6.08 Å². The molecule has 0 aliphatic heterocycles. The summed E-state index contributed by atoms with van der Waals surface area (Å²) in [5.74, 6) is 2.05. The van der Waals surface area contributed by atoms with Crippen LogP contribution in [-0.4, -0.2) is 10.9 Å². The molecule has 244 valence electrons. The molecule has 0 fully saturated rings. The lowest BCUT2D eigenvalue weighted by molar-refractivity contribution is 0.104. The number of aromatic hydroxyl groups is 1. The minimum Gasteiger partial charge on any atom is -0.507 e. The fraction of sp³-hybridized carbons (Fsp3) is 0.0930. The van der Waals surface area contributed by atoms with E-state index in [9.17, 15) is 9.90 Å². The zero-order chi connectivity index (χ0) is 33.7. The van der Waals surface area contributed by atoms with Crippen LogP contribution in [-0.2, 0) is 26.4 Å². The van der Waals surface area contributed by atoms with Crippen LogP contribution in [0, 0.1) is 0 Å². The van der Waals surface area contributed by atoms with Crippen LogP contribution < -0.4 is 18.9 Å². The maximum absolute atomic E-state index is 12.8. The Morgan fingerprint density at radius 1 is 0.510 bits per heavy atom. The highest BCUT2D eigenvalue weighted by molar-refractivity contribution is 6.08. The van der Waals surface area contributed by atoms with E-state index in [0.717, 1.165) is 27.8 Å². The van der Waals surface area contributed by atoms with Gasteiger partial charge in [0, 0.05) is 11.6 Å². The Hall–Kier alpha value is -6.27. The molecule has 0 amide bonds. The minimum atomic E-state index is -0.301. The van der Waals surface area contributed by atoms with Gasteiger partial charge in [0.15, 0.2) is 17.3 Å². The van der Waals surface area contributed by atoms with E-state index in [2.05, 4.69) is 0 Å². The Kier molecular flexibility index (Phi) is 11.0. The number of para-hydroxylation sites is 1. The Balaban J connectivity index is 1.22. The predicted molar refractivity (Wildman–Crippen MR) is 191 cm³/mol. The van der Waals surface area contributed by atoms with E-state index >= 15 is 0 Å². The molecule has 6 rings (SSSR count). The van der Waals surface area contributed by atoms with E-state index in [4.69, 9.17) is 18.9 Å². The van der Waals surface area contributed by atoms with Crippen molar-refractivity contribution >= 4 is 11.9 Å². The second-order valence-electron chi connectivity index (χ2n) is 11.3. The SMILES string of the molecule is O=C(C=Cc1ccc(OCc2ccc(OCc3ccccc3)cc2OCc2ccccc2)c(OCc2ccccc2)c1)c1ccccc1O. The Labute approximate surface area is 286 Å². The molecule has 0 unspecified atom stereocenters. The average molecular weight is 649 g/mol. The zero-order valence-electron chi connectivity index (χ0n) is 26.9. The summed E-state index contributed by atoms with van der Waals surface area (Å²) in [5.41, 5.74) is 4.95. The molecular formula is C43H36O6. The lowest BCUT2D eigenvalue weighted by atomic mass is 10.1. The third-order valence-corrected chi connectivity index (χ3v) is 7.71. The standard InChI is InChI=1S/C43H36O6/c44-39-19-11-10-18-38(39)40(45)24-20-32-21-25-41(43(26-32)48-30-35-16-8-3-9-17-35)49-31-36-22-23-37(46-28-33-12-4-1-5-13-33)27-42(36)47-29-34-14-6-2-7-15-34/h1-27,44H,28-31H2. The van der Waals surface area contributed by atoms with Gasteiger partial charge in [-0.3, -0.25) is 4.79 Å². The van der Waals surface area contributed by atoms with Crippen molar-refractivity contribution in [2.75, 3.05) is 0 Å². The first kappa shape index (κ1) is 32.7. The summed E-state index contributed by atoms with van der Waals surface area (Å²) in [6.07, 6.45) is 3.13. The van der Waals surface area contributed by atoms with Crippen LogP contribution in [0.2, 0.25) is 0 Å². The van der Waals surface area contributed by atoms with Crippen LogP contribution in [0.3, 0.4) is 0 Å². The maximum Gasteiger partial charge on any atom is 0.189 e. The fourth-order valence-electron chi connectivity index (χ4n) is 5.05. The van der Waals surface area contributed by atoms with E-state index in [-0.39, 0.29) is 23.7 Å². The molecule has 0 spiro atoms. The summed E-state index contributed by atoms with van der Waals surface area (Å²) in [6.45, 7) is 1.38. The number of phenols is 1. The normalized spacial score (nSPS) is 10.9. The van der Waals surface area contributed by atoms with Crippen molar-refractivity contribution in [1.29, 1.82) is 0 Å². The number of rotatable bonds is 15. The van der Waals surface area contributed by atoms with E-state index in [1.807, 2.05) is 127 Å². The Morgan fingerprint density at radius 2 is 1.06 bits per heavy atom. The van der Waals surface area contributed by atoms with Gasteiger partial charge in [-0.2, -0.15) is 0 Å². The van der Waals surface area contributed by atoms with Crippen molar-refractivity contribution in [3.8, 4) is 28.7 Å². The van der Waals surface area contributed by atoms with Crippen molar-refractivity contribution < 1.29 is 28.8 Å². The second kappa shape index (κ2) is 16.5. The monoisotopic (exact) mass is 648 g/mol. The number of ketones is 1. The summed E-state index contributed by atoms with van der Waals surface area (Å²) in [5, 5.41) is 10.1. The van der Waals surface area contributed by atoms with Crippen LogP contribution in [0.4, 0.5) is 0 Å². The van der Waals surface area contributed by atoms with Crippen molar-refractivity contribution in [2.24, 2.45) is 0 Å². The van der Waals surface area contributed by atoms with Gasteiger partial charge in [0.05, 0.1) is 5.56 Å². The topological polar surface area (TPSA) is 74.2 Å². The summed E-state index contributed by atoms with van der Waals surface area (Å²) >= 11 is 0. The van der Waals surface area contributed by atoms with E-state index in [1.54, 1.807) is 24.3 Å². The van der Waals surface area contributed by atoms with Gasteiger partial charge in [0.1, 0.15) is 43.7 Å². The third-order valence-electron chi connectivity index (χ3n) is 7.71. The zero-order valence-corrected chi connectivity index (χ0v) is 26.9. The number of ether oxygens (including phenoxy) is 4. The average Bonchev–Trinajstić information content (AvgIpc) is 3.15. The molecular weight excluding hydrogens is 612 g/mol. The van der Waals surface area contributed by atoms with Crippen LogP contribution >= 0.6 is 0 Å². The third kappa shape index (κ3) is 9.40. The molecule has 6 heteroatoms. The lowest BCUT2D eigenvalue weighted by Gasteiger charge is -2.17. The first-order chi connectivity index (χ1) is 24.1. The fourth-order valence-corrected chi connectivity index (χ4v) is 5.05. The largest absolute Gasteiger partial charge is 0.507 e. The van der Waals surface area contributed by atoms with Gasteiger partial charge in [-0.15, -0.1) is 0 Å². The molecule has 0 aliphatic carbocycles. The summed E-state index contributed by atoms with van der Waals surface area (Å²) < 4.78 is 25.0. The molecule has 0 radical (unpaired) electrons. The van der Waals surface area contributed by atoms with Gasteiger partial charge >= 0.3 is 0 Å². The maximum atomic E-state index is 12.8. The molecule has 0 heterocycles. The molecule has 0 aliphatic rings. The summed E-state index contributed by atoms with van der Waals surface area (Å²) in [6, 6.07) is 47.6. The number of carbonyl (C=O) groups is 1. The van der Waals surface area contributed by atoms with Gasteiger partial charge in [0.2, 0.25) is 0 Å². The molecule has 6 aromatic carbocycles. The van der Waals surface area contributed by atoms with Gasteiger partial charge in [-0.1, -0.05) is 115 Å². The molecule has 0 saturated carbocycles. The van der Waals surface area contributed by atoms with Crippen molar-refractivity contribution in [3.05, 3.63) is 191 Å². The van der Waals surface area contributed by atoms with E-state index in [0.29, 0.717) is 42.8 Å². The molecule has 0 bridgehead atoms. The van der Waals surface area contributed by atoms with Gasteiger partial charge in [-0.25, -0.2) is 0 Å². The summed E-state index contributed by atoms with van der Waals surface area (Å²) in [7, 11) is 0. The van der Waals surface area contributed by atoms with E-state index in [1.165, 1.54) is 12.1 Å². The van der Waals surface area contributed by atoms with Crippen molar-refractivity contribution in [3.63, 3.8) is 0 Å². The lowest BCUT2D eigenvalue weighted by Crippen LogP contribution is -2.04. The minimum absolute atomic E-state index is 0.0595. The van der Waals surface area contributed by atoms with Gasteiger partial charge < -0.3 is 24.1 Å². The molecule has 1 N–H and O–H groups in total. The van der Waals surface area contributed by atoms with Crippen molar-refractivity contribution in [2.45, 2.75) is 26.4 Å². The molecule has 6 nitrogen and oxygen atoms in total. The molecule has 0 aromatic heterocycles. The summed E-state index contributed by atoms with van der Waals surface area (Å²) in [4.78, 5) is 12.8. The number of carbonyl (C=O) groups excluding carboxylic acids is 1. The Morgan fingerprint density at radius 3 is 1.69 bits per heavy atom. The van der Waals surface area contributed by atoms with Crippen LogP contribution in [0.15, 0.2) is 158 Å². The van der Waals surface area contributed by atoms with Crippen LogP contribution in [0.5, 0.6) is 28.7 Å². The van der Waals surface area contributed by atoms with Gasteiger partial charge in [0.25, 0.3) is 0 Å². The highest BCUT2D eigenvalue weighted by Gasteiger charge is 2.13. The first-order valence-electron chi connectivity index (χ1n) is 16.0. The number of hydrogen-bond acceptors (Lipinski definition) is 6. The van der Waals surface area contributed by atoms with Crippen LogP contribution in [0.1, 0.15) is 38.2 Å². The Bertz CT molecular complexity index is 1990. The smallest absolute Gasteiger partial charge is 0.189 e. The van der Waals surface area contributed by atoms with Gasteiger partial charge in [-0.05, 0) is 64.7 Å². The molecule has 0 atom stereocenters. The molecule has 49 heavy (non-hydrogen) atoms. The number of benzene rings is 6. The highest BCUT2D eigenvalue weighted by atomic mass is 16.5. The predicted octanol–water partition coefficient (Wildman–Crippen LogP) is 9.60. The quantitative estimate of drug-likeness (QED) is 0.0883. The molecule has 6 aromatic rings. The number of phenolic OH excluding ortho intramolecular Hbond substituents is 1. The highest BCUT2D eigenvalue weighted by Crippen LogP contribution is 2.33. The number of allylic oxidation sites excluding steroid dienone is 1. The number of hydrogen-bond donors (Lipinski definition) is 1. The first-order valence-corrected chi connectivity index (χ1v) is 16.0. The second-order valence-corrected chi connectivity index (χ2v) is 11.3. The van der Waals surface area contributed by atoms with E-state index < -0.39 is 0 Å².